The Bertz CT molecular complexity index is 1240. The molecule has 3 aliphatic rings. The average molecular weight is 538 g/mol. The molecular weight excluding hydrogens is 510 g/mol. The number of hydrogen-bond acceptors (Lipinski definition) is 9. The van der Waals surface area contributed by atoms with Gasteiger partial charge in [0.05, 0.1) is 16.0 Å². The van der Waals surface area contributed by atoms with Crippen molar-refractivity contribution in [2.24, 2.45) is 17.1 Å². The highest BCUT2D eigenvalue weighted by molar-refractivity contribution is 8.06. The number of aliphatic carboxylic acids is 1. The van der Waals surface area contributed by atoms with Crippen LogP contribution in [0.2, 0.25) is 5.02 Å². The highest BCUT2D eigenvalue weighted by atomic mass is 35.5. The fourth-order valence-electron chi connectivity index (χ4n) is 5.26. The number of rotatable bonds is 7. The van der Waals surface area contributed by atoms with Crippen molar-refractivity contribution >= 4 is 44.1 Å². The molecule has 1 saturated carbocycles. The van der Waals surface area contributed by atoms with Gasteiger partial charge in [0.1, 0.15) is 6.04 Å². The summed E-state index contributed by atoms with van der Waals surface area (Å²) in [5.41, 5.74) is 4.56. The van der Waals surface area contributed by atoms with E-state index in [4.69, 9.17) is 17.3 Å². The van der Waals surface area contributed by atoms with E-state index in [1.807, 2.05) is 6.07 Å². The fraction of sp³-hybridized carbons (Fsp3) is 0.565. The summed E-state index contributed by atoms with van der Waals surface area (Å²) in [6.45, 7) is 6.11. The van der Waals surface area contributed by atoms with Crippen LogP contribution in [-0.4, -0.2) is 91.7 Å². The third kappa shape index (κ3) is 4.45. The maximum absolute atomic E-state index is 13.2. The number of nitrogens with zero attached hydrogens (tertiary/aromatic N) is 4. The molecule has 2 heterocycles. The first-order valence-electron chi connectivity index (χ1n) is 11.7. The molecule has 2 unspecified atom stereocenters. The molecule has 2 saturated heterocycles. The molecule has 0 bridgehead atoms. The number of benzene rings is 1. The van der Waals surface area contributed by atoms with Gasteiger partial charge in [0.25, 0.3) is 5.12 Å². The van der Waals surface area contributed by atoms with Crippen LogP contribution in [0, 0.1) is 22.7 Å². The Labute approximate surface area is 214 Å². The molecule has 0 spiro atoms. The van der Waals surface area contributed by atoms with Crippen molar-refractivity contribution in [3.05, 3.63) is 23.2 Å². The molecule has 1 aromatic carbocycles. The molecule has 3 N–H and O–H groups in total. The zero-order chi connectivity index (χ0) is 26.4. The number of carbonyl (C=O) groups is 3. The molecule has 11 nitrogen and oxygen atoms in total. The summed E-state index contributed by atoms with van der Waals surface area (Å²) < 4.78 is 26.4. The van der Waals surface area contributed by atoms with Crippen molar-refractivity contribution in [2.75, 3.05) is 44.2 Å². The molecule has 1 aliphatic carbocycles. The largest absolute Gasteiger partial charge is 0.480 e. The standard InChI is InChI=1S/C23H28ClN5O6S/c1-2-27-5-7-28(8-6-27)15-3-4-18(16(24)10-15)36(34,35)21(32)14-9-17(20(30)31)29(12-14)19-11-23(19,13-25)22(26)33/h3-4,10,14,17,19H,2,5-9,11-12H2,1H3,(H2,26,33)(H,30,31)/t14-,17+,19?,23?/m1/s1. The molecule has 4 atom stereocenters. The second-order valence-corrected chi connectivity index (χ2v) is 11.8. The Hall–Kier alpha value is -2.72. The molecule has 194 valence electrons. The van der Waals surface area contributed by atoms with Crippen LogP contribution < -0.4 is 10.6 Å². The zero-order valence-electron chi connectivity index (χ0n) is 19.8. The van der Waals surface area contributed by atoms with Crippen molar-refractivity contribution in [2.45, 2.75) is 36.7 Å². The Balaban J connectivity index is 1.52. The summed E-state index contributed by atoms with van der Waals surface area (Å²) in [5, 5.41) is 17.8. The van der Waals surface area contributed by atoms with E-state index in [-0.39, 0.29) is 29.3 Å². The van der Waals surface area contributed by atoms with Crippen LogP contribution in [0.15, 0.2) is 23.1 Å². The number of nitrogens with two attached hydrogens (primary N) is 1. The minimum atomic E-state index is -4.52. The molecule has 1 amide bonds. The first-order valence-corrected chi connectivity index (χ1v) is 13.6. The van der Waals surface area contributed by atoms with Crippen molar-refractivity contribution in [3.8, 4) is 6.07 Å². The topological polar surface area (TPSA) is 165 Å². The molecule has 3 fully saturated rings. The van der Waals surface area contributed by atoms with Crippen LogP contribution in [0.5, 0.6) is 0 Å². The number of carbonyl (C=O) groups excluding carboxylic acids is 2. The van der Waals surface area contributed by atoms with Gasteiger partial charge in [-0.3, -0.25) is 19.3 Å². The van der Waals surface area contributed by atoms with E-state index in [2.05, 4.69) is 16.7 Å². The molecular formula is C23H28ClN5O6S. The molecule has 0 radical (unpaired) electrons. The van der Waals surface area contributed by atoms with Gasteiger partial charge >= 0.3 is 5.97 Å². The number of amides is 1. The van der Waals surface area contributed by atoms with E-state index in [1.54, 1.807) is 6.07 Å². The van der Waals surface area contributed by atoms with Crippen LogP contribution in [0.4, 0.5) is 5.69 Å². The number of hydrogen-bond donors (Lipinski definition) is 2. The minimum absolute atomic E-state index is 0.0378. The normalized spacial score (nSPS) is 29.0. The summed E-state index contributed by atoms with van der Waals surface area (Å²) in [5.74, 6) is -3.29. The van der Waals surface area contributed by atoms with E-state index >= 15 is 0 Å². The summed E-state index contributed by atoms with van der Waals surface area (Å²) in [6, 6.07) is 4.31. The molecule has 13 heteroatoms. The van der Waals surface area contributed by atoms with Crippen LogP contribution >= 0.6 is 11.6 Å². The summed E-state index contributed by atoms with van der Waals surface area (Å²) in [6.07, 6.45) is -0.225. The lowest BCUT2D eigenvalue weighted by atomic mass is 10.1. The predicted molar refractivity (Wildman–Crippen MR) is 130 cm³/mol. The molecule has 0 aromatic heterocycles. The number of anilines is 1. The smallest absolute Gasteiger partial charge is 0.320 e. The van der Waals surface area contributed by atoms with Gasteiger partial charge in [0, 0.05) is 50.4 Å². The Morgan fingerprint density at radius 1 is 1.25 bits per heavy atom. The molecule has 4 rings (SSSR count). The Kier molecular flexibility index (Phi) is 7.04. The van der Waals surface area contributed by atoms with E-state index in [0.29, 0.717) is 0 Å². The Morgan fingerprint density at radius 2 is 1.92 bits per heavy atom. The Morgan fingerprint density at radius 3 is 2.42 bits per heavy atom. The van der Waals surface area contributed by atoms with Gasteiger partial charge in [-0.25, -0.2) is 8.42 Å². The SMILES string of the molecule is CCN1CCN(c2ccc(S(=O)(=O)C(=O)[C@@H]3C[C@@H](C(=O)O)N(C4CC4(C#N)C(N)=O)C3)c(Cl)c2)CC1. The highest BCUT2D eigenvalue weighted by Gasteiger charge is 2.66. The number of primary amides is 1. The number of likely N-dealkylation sites (N-methyl/N-ethyl adjacent to an activating group) is 1. The zero-order valence-corrected chi connectivity index (χ0v) is 21.3. The van der Waals surface area contributed by atoms with Crippen LogP contribution in [0.1, 0.15) is 19.8 Å². The van der Waals surface area contributed by atoms with Crippen molar-refractivity contribution < 1.29 is 27.9 Å². The lowest BCUT2D eigenvalue weighted by Crippen LogP contribution is -2.46. The molecule has 36 heavy (non-hydrogen) atoms. The fourth-order valence-corrected chi connectivity index (χ4v) is 7.13. The van der Waals surface area contributed by atoms with Gasteiger partial charge in [-0.15, -0.1) is 0 Å². The monoisotopic (exact) mass is 537 g/mol. The average Bonchev–Trinajstić information content (AvgIpc) is 3.45. The van der Waals surface area contributed by atoms with Gasteiger partial charge < -0.3 is 20.6 Å². The van der Waals surface area contributed by atoms with Crippen LogP contribution in [0.25, 0.3) is 0 Å². The number of piperazine rings is 1. The lowest BCUT2D eigenvalue weighted by Gasteiger charge is -2.35. The minimum Gasteiger partial charge on any atom is -0.480 e. The maximum Gasteiger partial charge on any atom is 0.320 e. The second kappa shape index (κ2) is 9.63. The lowest BCUT2D eigenvalue weighted by molar-refractivity contribution is -0.142. The van der Waals surface area contributed by atoms with Crippen molar-refractivity contribution in [1.82, 2.24) is 9.80 Å². The van der Waals surface area contributed by atoms with E-state index in [0.717, 1.165) is 38.4 Å². The highest BCUT2D eigenvalue weighted by Crippen LogP contribution is 2.51. The summed E-state index contributed by atoms with van der Waals surface area (Å²) in [4.78, 5) is 42.2. The van der Waals surface area contributed by atoms with E-state index in [1.165, 1.54) is 17.0 Å². The summed E-state index contributed by atoms with van der Waals surface area (Å²) >= 11 is 6.34. The first-order chi connectivity index (χ1) is 17.0. The predicted octanol–water partition coefficient (Wildman–Crippen LogP) is 0.325. The number of nitriles is 1. The molecule has 1 aromatic rings. The first kappa shape index (κ1) is 26.3. The van der Waals surface area contributed by atoms with Gasteiger partial charge in [-0.05, 0) is 37.6 Å². The quantitative estimate of drug-likeness (QED) is 0.494. The van der Waals surface area contributed by atoms with Gasteiger partial charge in [0.2, 0.25) is 15.7 Å². The summed E-state index contributed by atoms with van der Waals surface area (Å²) in [7, 11) is -4.52. The number of likely N-dealkylation sites (tertiary alicyclic amines) is 1. The van der Waals surface area contributed by atoms with Crippen molar-refractivity contribution in [3.63, 3.8) is 0 Å². The van der Waals surface area contributed by atoms with E-state index in [9.17, 15) is 33.2 Å². The third-order valence-electron chi connectivity index (χ3n) is 7.58. The van der Waals surface area contributed by atoms with Gasteiger partial charge in [-0.1, -0.05) is 18.5 Å². The van der Waals surface area contributed by atoms with Crippen LogP contribution in [-0.2, 0) is 24.2 Å². The van der Waals surface area contributed by atoms with E-state index < -0.39 is 50.2 Å². The van der Waals surface area contributed by atoms with Gasteiger partial charge in [0.15, 0.2) is 5.41 Å². The maximum atomic E-state index is 13.2. The number of carboxylic acid groups (broad SMARTS) is 1. The third-order valence-corrected chi connectivity index (χ3v) is 9.80. The number of carboxylic acids is 1. The van der Waals surface area contributed by atoms with Crippen molar-refractivity contribution in [1.29, 1.82) is 5.26 Å². The second-order valence-electron chi connectivity index (χ2n) is 9.51. The molecule has 2 aliphatic heterocycles. The number of halogens is 1. The van der Waals surface area contributed by atoms with Crippen LogP contribution in [0.3, 0.4) is 0 Å². The number of sulfone groups is 1. The van der Waals surface area contributed by atoms with Gasteiger partial charge in [-0.2, -0.15) is 5.26 Å².